The first-order valence-corrected chi connectivity index (χ1v) is 6.62. The summed E-state index contributed by atoms with van der Waals surface area (Å²) < 4.78 is 0. The molecule has 0 spiro atoms. The summed E-state index contributed by atoms with van der Waals surface area (Å²) in [5.74, 6) is 0.121. The van der Waals surface area contributed by atoms with E-state index in [1.165, 1.54) is 11.1 Å². The van der Waals surface area contributed by atoms with Crippen molar-refractivity contribution in [2.45, 2.75) is 32.2 Å². The van der Waals surface area contributed by atoms with E-state index in [0.29, 0.717) is 6.42 Å². The van der Waals surface area contributed by atoms with Gasteiger partial charge < -0.3 is 16.4 Å². The summed E-state index contributed by atoms with van der Waals surface area (Å²) in [6, 6.07) is 6.26. The summed E-state index contributed by atoms with van der Waals surface area (Å²) >= 11 is 0. The lowest BCUT2D eigenvalue weighted by molar-refractivity contribution is -0.116. The molecule has 1 amide bonds. The van der Waals surface area contributed by atoms with Crippen LogP contribution in [0, 0.1) is 0 Å². The zero-order valence-electron chi connectivity index (χ0n) is 10.7. The van der Waals surface area contributed by atoms with Crippen molar-refractivity contribution in [3.63, 3.8) is 0 Å². The smallest absolute Gasteiger partial charge is 0.224 e. The van der Waals surface area contributed by atoms with Gasteiger partial charge in [-0.3, -0.25) is 4.79 Å². The normalized spacial score (nSPS) is 14.2. The van der Waals surface area contributed by atoms with E-state index in [2.05, 4.69) is 22.8 Å². The number of amides is 1. The number of nitrogens with two attached hydrogens (primary N) is 1. The van der Waals surface area contributed by atoms with E-state index in [-0.39, 0.29) is 5.91 Å². The van der Waals surface area contributed by atoms with Crippen molar-refractivity contribution < 1.29 is 4.79 Å². The molecular formula is C14H21N3O. The number of hydrogen-bond acceptors (Lipinski definition) is 3. The van der Waals surface area contributed by atoms with Crippen LogP contribution in [-0.2, 0) is 17.8 Å². The van der Waals surface area contributed by atoms with E-state index in [0.717, 1.165) is 44.6 Å². The maximum absolute atomic E-state index is 11.2. The van der Waals surface area contributed by atoms with Crippen LogP contribution < -0.4 is 16.4 Å². The SMILES string of the molecule is NCCCCNCc1ccc2c(c1)CCC(=O)N2. The van der Waals surface area contributed by atoms with E-state index in [9.17, 15) is 4.79 Å². The van der Waals surface area contributed by atoms with Crippen LogP contribution in [0.25, 0.3) is 0 Å². The van der Waals surface area contributed by atoms with Crippen LogP contribution in [-0.4, -0.2) is 19.0 Å². The van der Waals surface area contributed by atoms with Crippen LogP contribution in [0.4, 0.5) is 5.69 Å². The monoisotopic (exact) mass is 247 g/mol. The Balaban J connectivity index is 1.85. The van der Waals surface area contributed by atoms with Crippen LogP contribution in [0.3, 0.4) is 0 Å². The van der Waals surface area contributed by atoms with Gasteiger partial charge in [0.2, 0.25) is 5.91 Å². The molecule has 1 aliphatic rings. The first-order chi connectivity index (χ1) is 8.79. The minimum absolute atomic E-state index is 0.121. The lowest BCUT2D eigenvalue weighted by Gasteiger charge is -2.17. The van der Waals surface area contributed by atoms with Crippen molar-refractivity contribution in [2.75, 3.05) is 18.4 Å². The van der Waals surface area contributed by atoms with Gasteiger partial charge in [0.1, 0.15) is 0 Å². The molecule has 0 saturated heterocycles. The van der Waals surface area contributed by atoms with Gasteiger partial charge in [0.25, 0.3) is 0 Å². The molecule has 0 bridgehead atoms. The van der Waals surface area contributed by atoms with Crippen molar-refractivity contribution in [3.8, 4) is 0 Å². The number of anilines is 1. The Hall–Kier alpha value is -1.39. The molecule has 1 aliphatic heterocycles. The van der Waals surface area contributed by atoms with Crippen molar-refractivity contribution in [1.82, 2.24) is 5.32 Å². The molecule has 0 fully saturated rings. The average molecular weight is 247 g/mol. The van der Waals surface area contributed by atoms with E-state index in [1.54, 1.807) is 0 Å². The molecule has 18 heavy (non-hydrogen) atoms. The molecule has 2 rings (SSSR count). The molecule has 0 saturated carbocycles. The van der Waals surface area contributed by atoms with E-state index in [4.69, 9.17) is 5.73 Å². The number of rotatable bonds is 6. The maximum atomic E-state index is 11.2. The summed E-state index contributed by atoms with van der Waals surface area (Å²) in [5.41, 5.74) is 8.94. The lowest BCUT2D eigenvalue weighted by atomic mass is 10.0. The number of nitrogens with one attached hydrogen (secondary N) is 2. The minimum Gasteiger partial charge on any atom is -0.330 e. The third-order valence-corrected chi connectivity index (χ3v) is 3.20. The van der Waals surface area contributed by atoms with Crippen molar-refractivity contribution in [1.29, 1.82) is 0 Å². The van der Waals surface area contributed by atoms with Crippen molar-refractivity contribution in [3.05, 3.63) is 29.3 Å². The van der Waals surface area contributed by atoms with Gasteiger partial charge in [0.15, 0.2) is 0 Å². The molecule has 0 atom stereocenters. The number of carbonyl (C=O) groups excluding carboxylic acids is 1. The van der Waals surface area contributed by atoms with Gasteiger partial charge in [-0.2, -0.15) is 0 Å². The molecule has 0 unspecified atom stereocenters. The average Bonchev–Trinajstić information content (AvgIpc) is 2.38. The number of aryl methyl sites for hydroxylation is 1. The number of carbonyl (C=O) groups is 1. The van der Waals surface area contributed by atoms with Crippen molar-refractivity contribution in [2.24, 2.45) is 5.73 Å². The Bertz CT molecular complexity index is 418. The Morgan fingerprint density at radius 3 is 3.00 bits per heavy atom. The Kier molecular flexibility index (Phi) is 4.73. The van der Waals surface area contributed by atoms with Gasteiger partial charge in [-0.05, 0) is 49.5 Å². The first-order valence-electron chi connectivity index (χ1n) is 6.62. The van der Waals surface area contributed by atoms with Crippen LogP contribution in [0.2, 0.25) is 0 Å². The van der Waals surface area contributed by atoms with Crippen molar-refractivity contribution >= 4 is 11.6 Å². The number of benzene rings is 1. The lowest BCUT2D eigenvalue weighted by Crippen LogP contribution is -2.20. The fourth-order valence-corrected chi connectivity index (χ4v) is 2.17. The molecule has 0 aliphatic carbocycles. The highest BCUT2D eigenvalue weighted by Crippen LogP contribution is 2.23. The largest absolute Gasteiger partial charge is 0.330 e. The number of fused-ring (bicyclic) bond motifs is 1. The Morgan fingerprint density at radius 1 is 1.28 bits per heavy atom. The molecule has 98 valence electrons. The summed E-state index contributed by atoms with van der Waals surface area (Å²) in [5, 5.41) is 6.31. The van der Waals surface area contributed by atoms with Gasteiger partial charge in [-0.15, -0.1) is 0 Å². The van der Waals surface area contributed by atoms with E-state index >= 15 is 0 Å². The van der Waals surface area contributed by atoms with Crippen LogP contribution in [0.1, 0.15) is 30.4 Å². The summed E-state index contributed by atoms with van der Waals surface area (Å²) in [7, 11) is 0. The van der Waals surface area contributed by atoms with Gasteiger partial charge >= 0.3 is 0 Å². The summed E-state index contributed by atoms with van der Waals surface area (Å²) in [6.45, 7) is 2.65. The molecule has 0 radical (unpaired) electrons. The number of hydrogen-bond donors (Lipinski definition) is 3. The molecule has 0 aromatic heterocycles. The second-order valence-electron chi connectivity index (χ2n) is 4.71. The predicted octanol–water partition coefficient (Wildman–Crippen LogP) is 1.40. The molecular weight excluding hydrogens is 226 g/mol. The Labute approximate surface area is 108 Å². The van der Waals surface area contributed by atoms with Crippen LogP contribution in [0.15, 0.2) is 18.2 Å². The summed E-state index contributed by atoms with van der Waals surface area (Å²) in [4.78, 5) is 11.2. The zero-order valence-corrected chi connectivity index (χ0v) is 10.7. The third kappa shape index (κ3) is 3.55. The van der Waals surface area contributed by atoms with E-state index < -0.39 is 0 Å². The standard InChI is InChI=1S/C14H21N3O/c15-7-1-2-8-16-10-11-3-5-13-12(9-11)4-6-14(18)17-13/h3,5,9,16H,1-2,4,6-8,10,15H2,(H,17,18). The molecule has 1 aromatic carbocycles. The van der Waals surface area contributed by atoms with Gasteiger partial charge in [0, 0.05) is 18.7 Å². The first kappa shape index (κ1) is 13.1. The summed E-state index contributed by atoms with van der Waals surface area (Å²) in [6.07, 6.45) is 3.64. The Morgan fingerprint density at radius 2 is 2.17 bits per heavy atom. The zero-order chi connectivity index (χ0) is 12.8. The molecule has 1 aromatic rings. The van der Waals surface area contributed by atoms with E-state index in [1.807, 2.05) is 6.07 Å². The second kappa shape index (κ2) is 6.52. The fraction of sp³-hybridized carbons (Fsp3) is 0.500. The quantitative estimate of drug-likeness (QED) is 0.666. The van der Waals surface area contributed by atoms with Crippen LogP contribution >= 0.6 is 0 Å². The van der Waals surface area contributed by atoms with Crippen LogP contribution in [0.5, 0.6) is 0 Å². The molecule has 1 heterocycles. The van der Waals surface area contributed by atoms with Gasteiger partial charge in [-0.25, -0.2) is 0 Å². The highest BCUT2D eigenvalue weighted by molar-refractivity contribution is 5.93. The van der Waals surface area contributed by atoms with Gasteiger partial charge in [-0.1, -0.05) is 12.1 Å². The number of unbranched alkanes of at least 4 members (excludes halogenated alkanes) is 1. The minimum atomic E-state index is 0.121. The highest BCUT2D eigenvalue weighted by atomic mass is 16.1. The fourth-order valence-electron chi connectivity index (χ4n) is 2.17. The second-order valence-corrected chi connectivity index (χ2v) is 4.71. The molecule has 4 heteroatoms. The maximum Gasteiger partial charge on any atom is 0.224 e. The predicted molar refractivity (Wildman–Crippen MR) is 73.4 cm³/mol. The molecule has 4 N–H and O–H groups in total. The van der Waals surface area contributed by atoms with Gasteiger partial charge in [0.05, 0.1) is 0 Å². The third-order valence-electron chi connectivity index (χ3n) is 3.20. The topological polar surface area (TPSA) is 67.1 Å². The highest BCUT2D eigenvalue weighted by Gasteiger charge is 2.14. The molecule has 4 nitrogen and oxygen atoms in total.